The Labute approximate surface area is 138 Å². The number of nitrogens with one attached hydrogen (secondary N) is 1. The van der Waals surface area contributed by atoms with E-state index >= 15 is 0 Å². The second kappa shape index (κ2) is 6.44. The largest absolute Gasteiger partial charge is 0.464 e. The van der Waals surface area contributed by atoms with Gasteiger partial charge in [0.1, 0.15) is 11.3 Å². The topological polar surface area (TPSA) is 60.6 Å². The number of carbonyl (C=O) groups is 1. The van der Waals surface area contributed by atoms with Gasteiger partial charge in [0.15, 0.2) is 0 Å². The Balaban J connectivity index is 1.64. The lowest BCUT2D eigenvalue weighted by Crippen LogP contribution is -2.17. The molecule has 3 aromatic heterocycles. The predicted octanol–water partition coefficient (Wildman–Crippen LogP) is 2.40. The maximum atomic E-state index is 11.6. The van der Waals surface area contributed by atoms with Crippen molar-refractivity contribution in [3.63, 3.8) is 0 Å². The molecule has 0 aliphatic carbocycles. The van der Waals surface area contributed by atoms with Gasteiger partial charge in [0, 0.05) is 38.2 Å². The number of hydrogen-bond donors (Lipinski definition) is 1. The first-order chi connectivity index (χ1) is 11.1. The summed E-state index contributed by atoms with van der Waals surface area (Å²) in [5.74, 6) is -0.337. The highest BCUT2D eigenvalue weighted by molar-refractivity contribution is 6.30. The molecule has 7 heteroatoms. The van der Waals surface area contributed by atoms with Crippen LogP contribution in [0.25, 0.3) is 5.65 Å². The first-order valence-electron chi connectivity index (χ1n) is 7.15. The summed E-state index contributed by atoms with van der Waals surface area (Å²) in [6.45, 7) is 1.25. The maximum absolute atomic E-state index is 11.6. The molecule has 1 N–H and O–H groups in total. The van der Waals surface area contributed by atoms with Crippen LogP contribution in [0.15, 0.2) is 36.7 Å². The number of aromatic nitrogens is 3. The van der Waals surface area contributed by atoms with Crippen LogP contribution in [-0.2, 0) is 24.9 Å². The van der Waals surface area contributed by atoms with Gasteiger partial charge in [-0.2, -0.15) is 0 Å². The van der Waals surface area contributed by atoms with Gasteiger partial charge in [-0.15, -0.1) is 0 Å². The zero-order valence-electron chi connectivity index (χ0n) is 12.9. The van der Waals surface area contributed by atoms with Gasteiger partial charge in [-0.3, -0.25) is 0 Å². The van der Waals surface area contributed by atoms with Crippen molar-refractivity contribution in [2.75, 3.05) is 7.11 Å². The lowest BCUT2D eigenvalue weighted by molar-refractivity contribution is 0.0589. The van der Waals surface area contributed by atoms with Crippen LogP contribution in [0.2, 0.25) is 5.02 Å². The third-order valence-electron chi connectivity index (χ3n) is 3.70. The van der Waals surface area contributed by atoms with E-state index in [9.17, 15) is 4.79 Å². The minimum absolute atomic E-state index is 0.337. The Morgan fingerprint density at radius 3 is 2.87 bits per heavy atom. The fourth-order valence-corrected chi connectivity index (χ4v) is 2.63. The van der Waals surface area contributed by atoms with E-state index in [2.05, 4.69) is 10.3 Å². The number of fused-ring (bicyclic) bond motifs is 1. The number of methoxy groups -OCH3 is 1. The first kappa shape index (κ1) is 15.6. The summed E-state index contributed by atoms with van der Waals surface area (Å²) >= 11 is 5.96. The Kier molecular flexibility index (Phi) is 4.36. The van der Waals surface area contributed by atoms with Crippen LogP contribution in [-0.4, -0.2) is 27.0 Å². The van der Waals surface area contributed by atoms with Crippen molar-refractivity contribution in [2.45, 2.75) is 13.1 Å². The van der Waals surface area contributed by atoms with Gasteiger partial charge < -0.3 is 19.0 Å². The quantitative estimate of drug-likeness (QED) is 0.729. The Morgan fingerprint density at radius 1 is 1.26 bits per heavy atom. The zero-order chi connectivity index (χ0) is 16.4. The number of hydrogen-bond acceptors (Lipinski definition) is 4. The minimum Gasteiger partial charge on any atom is -0.464 e. The number of ether oxygens (including phenoxy) is 1. The van der Waals surface area contributed by atoms with Gasteiger partial charge in [-0.25, -0.2) is 9.78 Å². The van der Waals surface area contributed by atoms with Crippen molar-refractivity contribution >= 4 is 23.2 Å². The zero-order valence-corrected chi connectivity index (χ0v) is 13.7. The average Bonchev–Trinajstić information content (AvgIpc) is 3.10. The molecule has 0 spiro atoms. The molecule has 0 aliphatic heterocycles. The monoisotopic (exact) mass is 332 g/mol. The van der Waals surface area contributed by atoms with E-state index in [0.29, 0.717) is 23.8 Å². The van der Waals surface area contributed by atoms with E-state index in [1.807, 2.05) is 46.6 Å². The number of esters is 1. The Morgan fingerprint density at radius 2 is 2.09 bits per heavy atom. The van der Waals surface area contributed by atoms with Gasteiger partial charge >= 0.3 is 5.97 Å². The van der Waals surface area contributed by atoms with Crippen LogP contribution < -0.4 is 5.32 Å². The second-order valence-electron chi connectivity index (χ2n) is 5.21. The van der Waals surface area contributed by atoms with E-state index in [0.717, 1.165) is 17.0 Å². The number of carbonyl (C=O) groups excluding carboxylic acids is 1. The highest BCUT2D eigenvalue weighted by Crippen LogP contribution is 2.12. The summed E-state index contributed by atoms with van der Waals surface area (Å²) in [5.41, 5.74) is 3.32. The number of rotatable bonds is 5. The van der Waals surface area contributed by atoms with Crippen molar-refractivity contribution in [3.05, 3.63) is 58.8 Å². The fourth-order valence-electron chi connectivity index (χ4n) is 2.46. The molecule has 0 bridgehead atoms. The summed E-state index contributed by atoms with van der Waals surface area (Å²) < 4.78 is 8.47. The molecule has 3 aromatic rings. The molecule has 0 saturated heterocycles. The minimum atomic E-state index is -0.337. The van der Waals surface area contributed by atoms with Crippen LogP contribution in [0.4, 0.5) is 0 Å². The fraction of sp³-hybridized carbons (Fsp3) is 0.250. The van der Waals surface area contributed by atoms with Gasteiger partial charge in [0.25, 0.3) is 0 Å². The van der Waals surface area contributed by atoms with Gasteiger partial charge in [0.2, 0.25) is 0 Å². The summed E-state index contributed by atoms with van der Waals surface area (Å²) in [5, 5.41) is 4.00. The van der Waals surface area contributed by atoms with Crippen molar-refractivity contribution in [3.8, 4) is 0 Å². The Bertz CT molecular complexity index is 853. The normalized spacial score (nSPS) is 11.1. The molecule has 0 aromatic carbocycles. The molecule has 0 saturated carbocycles. The molecule has 6 nitrogen and oxygen atoms in total. The molecule has 0 radical (unpaired) electrons. The number of imidazole rings is 1. The van der Waals surface area contributed by atoms with Crippen LogP contribution >= 0.6 is 11.6 Å². The first-order valence-corrected chi connectivity index (χ1v) is 7.53. The average molecular weight is 333 g/mol. The molecule has 23 heavy (non-hydrogen) atoms. The number of halogens is 1. The molecule has 0 unspecified atom stereocenters. The van der Waals surface area contributed by atoms with Crippen molar-refractivity contribution < 1.29 is 9.53 Å². The van der Waals surface area contributed by atoms with Gasteiger partial charge in [0.05, 0.1) is 17.8 Å². The summed E-state index contributed by atoms with van der Waals surface area (Å²) in [6.07, 6.45) is 3.77. The Hall–Kier alpha value is -2.31. The van der Waals surface area contributed by atoms with Crippen LogP contribution in [0.1, 0.15) is 21.9 Å². The molecule has 3 rings (SSSR count). The number of nitrogens with zero attached hydrogens (tertiary/aromatic N) is 3. The molecule has 0 aliphatic rings. The molecule has 0 atom stereocenters. The lowest BCUT2D eigenvalue weighted by Gasteiger charge is -2.07. The van der Waals surface area contributed by atoms with Crippen molar-refractivity contribution in [1.82, 2.24) is 19.3 Å². The lowest BCUT2D eigenvalue weighted by atomic mass is 10.4. The molecule has 0 fully saturated rings. The molecule has 3 heterocycles. The summed E-state index contributed by atoms with van der Waals surface area (Å²) in [6, 6.07) is 7.36. The molecule has 120 valence electrons. The van der Waals surface area contributed by atoms with E-state index < -0.39 is 0 Å². The third-order valence-corrected chi connectivity index (χ3v) is 3.92. The highest BCUT2D eigenvalue weighted by atomic mass is 35.5. The van der Waals surface area contributed by atoms with Crippen LogP contribution in [0.3, 0.4) is 0 Å². The molecular formula is C16H17ClN4O2. The maximum Gasteiger partial charge on any atom is 0.354 e. The standard InChI is InChI=1S/C16H17ClN4O2/c1-20-13(4-5-14(20)16(22)23-2)8-18-7-12-10-21-9-11(17)3-6-15(21)19-12/h3-6,9-10,18H,7-8H2,1-2H3. The number of pyridine rings is 1. The molecule has 0 amide bonds. The van der Waals surface area contributed by atoms with E-state index in [1.54, 1.807) is 6.07 Å². The van der Waals surface area contributed by atoms with Crippen LogP contribution in [0, 0.1) is 0 Å². The van der Waals surface area contributed by atoms with Crippen LogP contribution in [0.5, 0.6) is 0 Å². The van der Waals surface area contributed by atoms with Gasteiger partial charge in [-0.05, 0) is 24.3 Å². The molecular weight excluding hydrogens is 316 g/mol. The smallest absolute Gasteiger partial charge is 0.354 e. The summed E-state index contributed by atoms with van der Waals surface area (Å²) in [4.78, 5) is 16.1. The van der Waals surface area contributed by atoms with E-state index in [-0.39, 0.29) is 5.97 Å². The third kappa shape index (κ3) is 3.23. The van der Waals surface area contributed by atoms with Crippen molar-refractivity contribution in [2.24, 2.45) is 7.05 Å². The second-order valence-corrected chi connectivity index (χ2v) is 5.65. The highest BCUT2D eigenvalue weighted by Gasteiger charge is 2.12. The van der Waals surface area contributed by atoms with Gasteiger partial charge in [-0.1, -0.05) is 11.6 Å². The summed E-state index contributed by atoms with van der Waals surface area (Å²) in [7, 11) is 3.22. The predicted molar refractivity (Wildman–Crippen MR) is 87.5 cm³/mol. The van der Waals surface area contributed by atoms with E-state index in [1.165, 1.54) is 7.11 Å². The van der Waals surface area contributed by atoms with Crippen molar-refractivity contribution in [1.29, 1.82) is 0 Å². The van der Waals surface area contributed by atoms with E-state index in [4.69, 9.17) is 16.3 Å². The SMILES string of the molecule is COC(=O)c1ccc(CNCc2cn3cc(Cl)ccc3n2)n1C.